The quantitative estimate of drug-likeness (QED) is 0.379. The van der Waals surface area contributed by atoms with E-state index in [9.17, 15) is 15.0 Å². The number of methoxy groups -OCH3 is 1. The van der Waals surface area contributed by atoms with Gasteiger partial charge in [-0.25, -0.2) is 0 Å². The van der Waals surface area contributed by atoms with Crippen molar-refractivity contribution >= 4 is 5.97 Å². The summed E-state index contributed by atoms with van der Waals surface area (Å²) >= 11 is 0. The molecule has 7 heteroatoms. The number of unbranched alkanes of at least 4 members (excludes halogenated alkanes) is 6. The molecule has 24 heavy (non-hydrogen) atoms. The van der Waals surface area contributed by atoms with E-state index in [0.29, 0.717) is 0 Å². The number of hydrogen-bond donors (Lipinski definition) is 3. The molecule has 0 aliphatic carbocycles. The highest BCUT2D eigenvalue weighted by Gasteiger charge is 2.46. The monoisotopic (exact) mass is 348 g/mol. The summed E-state index contributed by atoms with van der Waals surface area (Å²) in [7, 11) is 1.35. The van der Waals surface area contributed by atoms with E-state index in [4.69, 9.17) is 19.3 Å². The molecule has 0 amide bonds. The Bertz CT molecular complexity index is 348. The van der Waals surface area contributed by atoms with Gasteiger partial charge in [-0.3, -0.25) is 4.79 Å². The van der Waals surface area contributed by atoms with E-state index in [1.807, 2.05) is 0 Å². The predicted octanol–water partition coefficient (Wildman–Crippen LogP) is 1.12. The van der Waals surface area contributed by atoms with Crippen LogP contribution in [-0.4, -0.2) is 65.7 Å². The van der Waals surface area contributed by atoms with Crippen LogP contribution in [0.15, 0.2) is 0 Å². The van der Waals surface area contributed by atoms with Gasteiger partial charge in [0, 0.05) is 13.5 Å². The van der Waals surface area contributed by atoms with Crippen LogP contribution < -0.4 is 0 Å². The highest BCUT2D eigenvalue weighted by atomic mass is 16.7. The third kappa shape index (κ3) is 6.64. The molecule has 0 aromatic carbocycles. The second-order valence-corrected chi connectivity index (χ2v) is 6.27. The van der Waals surface area contributed by atoms with Gasteiger partial charge < -0.3 is 29.5 Å². The maximum atomic E-state index is 11.9. The molecule has 1 aliphatic heterocycles. The van der Waals surface area contributed by atoms with Gasteiger partial charge in [0.15, 0.2) is 12.4 Å². The van der Waals surface area contributed by atoms with Gasteiger partial charge in [-0.1, -0.05) is 45.4 Å². The van der Waals surface area contributed by atoms with Crippen molar-refractivity contribution < 1.29 is 34.3 Å². The van der Waals surface area contributed by atoms with Gasteiger partial charge in [0.2, 0.25) is 0 Å². The van der Waals surface area contributed by atoms with Gasteiger partial charge in [0.05, 0.1) is 6.61 Å². The first-order valence-corrected chi connectivity index (χ1v) is 8.89. The summed E-state index contributed by atoms with van der Waals surface area (Å²) in [6.45, 7) is 1.71. The van der Waals surface area contributed by atoms with Crippen LogP contribution in [0.25, 0.3) is 0 Å². The van der Waals surface area contributed by atoms with Gasteiger partial charge >= 0.3 is 5.97 Å². The third-order valence-electron chi connectivity index (χ3n) is 4.31. The minimum atomic E-state index is -1.36. The van der Waals surface area contributed by atoms with E-state index < -0.39 is 43.3 Å². The van der Waals surface area contributed by atoms with Gasteiger partial charge in [-0.15, -0.1) is 0 Å². The third-order valence-corrected chi connectivity index (χ3v) is 4.31. The second-order valence-electron chi connectivity index (χ2n) is 6.27. The number of hydrogen-bond acceptors (Lipinski definition) is 7. The molecule has 5 atom stereocenters. The van der Waals surface area contributed by atoms with Gasteiger partial charge in [0.25, 0.3) is 0 Å². The second kappa shape index (κ2) is 11.8. The molecule has 1 rings (SSSR count). The fourth-order valence-electron chi connectivity index (χ4n) is 2.81. The van der Waals surface area contributed by atoms with E-state index >= 15 is 0 Å². The first-order valence-electron chi connectivity index (χ1n) is 8.89. The van der Waals surface area contributed by atoms with Crippen LogP contribution in [0, 0.1) is 0 Å². The van der Waals surface area contributed by atoms with E-state index in [2.05, 4.69) is 6.92 Å². The number of carbonyl (C=O) groups is 1. The predicted molar refractivity (Wildman–Crippen MR) is 87.3 cm³/mol. The van der Waals surface area contributed by atoms with Crippen LogP contribution >= 0.6 is 0 Å². The Morgan fingerprint density at radius 3 is 2.25 bits per heavy atom. The molecule has 1 saturated heterocycles. The topological polar surface area (TPSA) is 105 Å². The van der Waals surface area contributed by atoms with Crippen molar-refractivity contribution in [1.82, 2.24) is 0 Å². The Kier molecular flexibility index (Phi) is 10.4. The maximum Gasteiger partial charge on any atom is 0.306 e. The number of aliphatic hydroxyl groups is 3. The van der Waals surface area contributed by atoms with Crippen LogP contribution in [-0.2, 0) is 19.0 Å². The lowest BCUT2D eigenvalue weighted by Gasteiger charge is -2.40. The summed E-state index contributed by atoms with van der Waals surface area (Å²) in [5.41, 5.74) is 0. The zero-order valence-electron chi connectivity index (χ0n) is 14.7. The zero-order valence-corrected chi connectivity index (χ0v) is 14.7. The van der Waals surface area contributed by atoms with Gasteiger partial charge in [0.1, 0.15) is 18.3 Å². The number of rotatable bonds is 11. The van der Waals surface area contributed by atoms with Gasteiger partial charge in [-0.2, -0.15) is 0 Å². The summed E-state index contributed by atoms with van der Waals surface area (Å²) in [6, 6.07) is 0. The Morgan fingerprint density at radius 2 is 1.67 bits per heavy atom. The Hall–Kier alpha value is -0.730. The van der Waals surface area contributed by atoms with Crippen molar-refractivity contribution in [2.75, 3.05) is 13.7 Å². The minimum Gasteiger partial charge on any atom is -0.454 e. The molecule has 0 bridgehead atoms. The van der Waals surface area contributed by atoms with E-state index in [1.165, 1.54) is 32.8 Å². The van der Waals surface area contributed by atoms with E-state index in [0.717, 1.165) is 19.3 Å². The van der Waals surface area contributed by atoms with Crippen molar-refractivity contribution in [2.45, 2.75) is 89.0 Å². The Balaban J connectivity index is 2.33. The molecule has 0 radical (unpaired) electrons. The molecule has 0 aromatic rings. The van der Waals surface area contributed by atoms with Crippen molar-refractivity contribution in [3.8, 4) is 0 Å². The number of ether oxygens (including phenoxy) is 3. The average molecular weight is 348 g/mol. The first-order chi connectivity index (χ1) is 11.5. The smallest absolute Gasteiger partial charge is 0.306 e. The molecule has 1 aliphatic rings. The van der Waals surface area contributed by atoms with Crippen LogP contribution in [0.1, 0.15) is 58.3 Å². The highest BCUT2D eigenvalue weighted by Crippen LogP contribution is 2.24. The lowest BCUT2D eigenvalue weighted by Crippen LogP contribution is -2.60. The van der Waals surface area contributed by atoms with Crippen molar-refractivity contribution in [1.29, 1.82) is 0 Å². The Labute approximate surface area is 143 Å². The first kappa shape index (κ1) is 21.3. The highest BCUT2D eigenvalue weighted by molar-refractivity contribution is 5.69. The maximum absolute atomic E-state index is 11.9. The van der Waals surface area contributed by atoms with Crippen LogP contribution in [0.2, 0.25) is 0 Å². The molecular weight excluding hydrogens is 316 g/mol. The normalized spacial score (nSPS) is 30.3. The molecule has 0 saturated carbocycles. The molecule has 3 N–H and O–H groups in total. The van der Waals surface area contributed by atoms with Crippen molar-refractivity contribution in [3.05, 3.63) is 0 Å². The summed E-state index contributed by atoms with van der Waals surface area (Å²) in [6.07, 6.45) is 2.12. The van der Waals surface area contributed by atoms with Crippen molar-refractivity contribution in [2.24, 2.45) is 0 Å². The molecule has 1 heterocycles. The molecule has 0 aromatic heterocycles. The van der Waals surface area contributed by atoms with Crippen molar-refractivity contribution in [3.63, 3.8) is 0 Å². The zero-order chi connectivity index (χ0) is 17.9. The number of aliphatic hydroxyl groups excluding tert-OH is 3. The number of carbonyl (C=O) groups excluding carboxylic acids is 1. The molecule has 1 fully saturated rings. The summed E-state index contributed by atoms with van der Waals surface area (Å²) in [5.74, 6) is -0.451. The largest absolute Gasteiger partial charge is 0.454 e. The van der Waals surface area contributed by atoms with Gasteiger partial charge in [-0.05, 0) is 6.42 Å². The Morgan fingerprint density at radius 1 is 1.04 bits per heavy atom. The minimum absolute atomic E-state index is 0.257. The lowest BCUT2D eigenvalue weighted by atomic mass is 9.99. The van der Waals surface area contributed by atoms with E-state index in [-0.39, 0.29) is 6.42 Å². The van der Waals surface area contributed by atoms with E-state index in [1.54, 1.807) is 0 Å². The summed E-state index contributed by atoms with van der Waals surface area (Å²) < 4.78 is 15.6. The molecule has 1 unspecified atom stereocenters. The van der Waals surface area contributed by atoms with Crippen LogP contribution in [0.4, 0.5) is 0 Å². The lowest BCUT2D eigenvalue weighted by molar-refractivity contribution is -0.298. The number of esters is 1. The summed E-state index contributed by atoms with van der Waals surface area (Å²) in [4.78, 5) is 11.9. The standard InChI is InChI=1S/C17H32O7/c1-3-4-5-6-7-8-9-10-13(19)24-16-15(21)14(20)12(11-18)23-17(16)22-2/h12,14-18,20-21H,3-11H2,1-2H3/t12-,14-,15+,16+,17?/m1/s1. The molecule has 142 valence electrons. The SMILES string of the molecule is CCCCCCCCCC(=O)O[C@@H]1C(OC)O[C@H](CO)[C@@H](O)[C@@H]1O. The fourth-order valence-corrected chi connectivity index (χ4v) is 2.81. The summed E-state index contributed by atoms with van der Waals surface area (Å²) in [5, 5.41) is 29.1. The van der Waals surface area contributed by atoms with Crippen LogP contribution in [0.5, 0.6) is 0 Å². The fraction of sp³-hybridized carbons (Fsp3) is 0.941. The molecule has 0 spiro atoms. The molecular formula is C17H32O7. The molecule has 7 nitrogen and oxygen atoms in total. The average Bonchev–Trinajstić information content (AvgIpc) is 2.58. The van der Waals surface area contributed by atoms with Crippen LogP contribution in [0.3, 0.4) is 0 Å².